The van der Waals surface area contributed by atoms with E-state index in [0.717, 1.165) is 14.9 Å². The van der Waals surface area contributed by atoms with Crippen LogP contribution in [-0.2, 0) is 6.54 Å². The second-order valence-corrected chi connectivity index (χ2v) is 6.98. The van der Waals surface area contributed by atoms with Crippen LogP contribution in [0.1, 0.15) is 15.4 Å². The second kappa shape index (κ2) is 5.83. The van der Waals surface area contributed by atoms with Crippen molar-refractivity contribution in [2.45, 2.75) is 6.54 Å². The topological polar surface area (TPSA) is 62.2 Å². The summed E-state index contributed by atoms with van der Waals surface area (Å²) >= 11 is 5.08. The number of carboxylic acid groups (broad SMARTS) is 1. The number of aromatic nitrogens is 1. The number of hydrogen-bond donors (Lipinski definition) is 2. The van der Waals surface area contributed by atoms with Crippen LogP contribution in [0.5, 0.6) is 0 Å². The van der Waals surface area contributed by atoms with Gasteiger partial charge in [-0.2, -0.15) is 0 Å². The predicted molar refractivity (Wildman–Crippen MR) is 88.0 cm³/mol. The highest BCUT2D eigenvalue weighted by molar-refractivity contribution is 9.11. The van der Waals surface area contributed by atoms with Crippen molar-refractivity contribution < 1.29 is 9.90 Å². The van der Waals surface area contributed by atoms with E-state index in [-0.39, 0.29) is 5.69 Å². The summed E-state index contributed by atoms with van der Waals surface area (Å²) in [4.78, 5) is 16.5. The Morgan fingerprint density at radius 2 is 2.10 bits per heavy atom. The van der Waals surface area contributed by atoms with Crippen LogP contribution in [0, 0.1) is 0 Å². The molecule has 3 rings (SSSR count). The van der Waals surface area contributed by atoms with Crippen molar-refractivity contribution in [2.24, 2.45) is 0 Å². The lowest BCUT2D eigenvalue weighted by atomic mass is 10.1. The third kappa shape index (κ3) is 3.06. The van der Waals surface area contributed by atoms with Crippen molar-refractivity contribution in [1.29, 1.82) is 0 Å². The summed E-state index contributed by atoms with van der Waals surface area (Å²) in [7, 11) is 0. The van der Waals surface area contributed by atoms with Gasteiger partial charge in [-0.1, -0.05) is 18.2 Å². The molecule has 0 aliphatic carbocycles. The molecule has 106 valence electrons. The van der Waals surface area contributed by atoms with Crippen LogP contribution in [0.3, 0.4) is 0 Å². The Balaban J connectivity index is 1.97. The molecule has 0 unspecified atom stereocenters. The first kappa shape index (κ1) is 14.0. The number of carboxylic acids is 1. The minimum atomic E-state index is -1.03. The summed E-state index contributed by atoms with van der Waals surface area (Å²) in [5.74, 6) is -1.03. The summed E-state index contributed by atoms with van der Waals surface area (Å²) in [6.07, 6.45) is 0. The molecule has 0 amide bonds. The van der Waals surface area contributed by atoms with Gasteiger partial charge in [-0.05, 0) is 40.2 Å². The third-order valence-electron chi connectivity index (χ3n) is 3.02. The number of fused-ring (bicyclic) bond motifs is 1. The minimum absolute atomic E-state index is 0.0450. The Bertz CT molecular complexity index is 816. The molecule has 2 N–H and O–H groups in total. The van der Waals surface area contributed by atoms with Crippen molar-refractivity contribution >= 4 is 49.8 Å². The fourth-order valence-electron chi connectivity index (χ4n) is 2.06. The Kier molecular flexibility index (Phi) is 3.90. The number of halogens is 1. The van der Waals surface area contributed by atoms with Crippen molar-refractivity contribution in [2.75, 3.05) is 5.32 Å². The molecule has 0 saturated carbocycles. The Morgan fingerprint density at radius 1 is 1.29 bits per heavy atom. The lowest BCUT2D eigenvalue weighted by Crippen LogP contribution is -2.04. The summed E-state index contributed by atoms with van der Waals surface area (Å²) in [6, 6.07) is 13.1. The number of carbonyl (C=O) groups is 1. The summed E-state index contributed by atoms with van der Waals surface area (Å²) in [5, 5.41) is 13.4. The van der Waals surface area contributed by atoms with E-state index in [0.29, 0.717) is 12.1 Å². The fraction of sp³-hybridized carbons (Fsp3) is 0.0667. The van der Waals surface area contributed by atoms with Gasteiger partial charge < -0.3 is 10.4 Å². The molecule has 0 spiro atoms. The molecule has 0 bridgehead atoms. The predicted octanol–water partition coefficient (Wildman–Crippen LogP) is 4.37. The zero-order chi connectivity index (χ0) is 14.8. The molecule has 0 aliphatic heterocycles. The number of para-hydroxylation sites is 1. The highest BCUT2D eigenvalue weighted by Crippen LogP contribution is 2.26. The molecule has 6 heteroatoms. The molecular formula is C15H11BrN2O2S. The molecule has 1 aromatic carbocycles. The molecular weight excluding hydrogens is 352 g/mol. The summed E-state index contributed by atoms with van der Waals surface area (Å²) in [5.41, 5.74) is 1.50. The van der Waals surface area contributed by atoms with Gasteiger partial charge in [0.15, 0.2) is 5.69 Å². The van der Waals surface area contributed by atoms with Crippen molar-refractivity contribution in [3.05, 3.63) is 56.8 Å². The molecule has 0 fully saturated rings. The molecule has 2 heterocycles. The smallest absolute Gasteiger partial charge is 0.354 e. The molecule has 0 aliphatic rings. The standard InChI is InChI=1S/C15H11BrN2O2S/c16-14-6-5-9(21-14)8-17-12-7-13(15(19)20)18-11-4-2-1-3-10(11)12/h1-7H,8H2,(H,17,18)(H,19,20). The van der Waals surface area contributed by atoms with E-state index < -0.39 is 5.97 Å². The van der Waals surface area contributed by atoms with E-state index in [2.05, 4.69) is 26.2 Å². The number of rotatable bonds is 4. The van der Waals surface area contributed by atoms with E-state index >= 15 is 0 Å². The van der Waals surface area contributed by atoms with Gasteiger partial charge in [0.25, 0.3) is 0 Å². The Labute approximate surface area is 133 Å². The van der Waals surface area contributed by atoms with Gasteiger partial charge in [0.05, 0.1) is 9.30 Å². The van der Waals surface area contributed by atoms with Crippen molar-refractivity contribution in [3.63, 3.8) is 0 Å². The first-order chi connectivity index (χ1) is 10.1. The Morgan fingerprint density at radius 3 is 2.81 bits per heavy atom. The number of pyridine rings is 1. The van der Waals surface area contributed by atoms with Gasteiger partial charge in [-0.25, -0.2) is 9.78 Å². The van der Waals surface area contributed by atoms with Gasteiger partial charge in [0, 0.05) is 22.5 Å². The van der Waals surface area contributed by atoms with Gasteiger partial charge in [-0.15, -0.1) is 11.3 Å². The van der Waals surface area contributed by atoms with Crippen molar-refractivity contribution in [1.82, 2.24) is 4.98 Å². The monoisotopic (exact) mass is 362 g/mol. The van der Waals surface area contributed by atoms with E-state index in [1.807, 2.05) is 36.4 Å². The van der Waals surface area contributed by atoms with Crippen LogP contribution < -0.4 is 5.32 Å². The molecule has 0 radical (unpaired) electrons. The number of benzene rings is 1. The number of hydrogen-bond acceptors (Lipinski definition) is 4. The van der Waals surface area contributed by atoms with Gasteiger partial charge in [0.1, 0.15) is 0 Å². The summed E-state index contributed by atoms with van der Waals surface area (Å²) < 4.78 is 1.07. The van der Waals surface area contributed by atoms with Gasteiger partial charge >= 0.3 is 5.97 Å². The molecule has 4 nitrogen and oxygen atoms in total. The maximum atomic E-state index is 11.2. The molecule has 0 atom stereocenters. The van der Waals surface area contributed by atoms with Crippen LogP contribution in [-0.4, -0.2) is 16.1 Å². The number of nitrogens with zero attached hydrogens (tertiary/aromatic N) is 1. The number of nitrogens with one attached hydrogen (secondary N) is 1. The fourth-order valence-corrected chi connectivity index (χ4v) is 3.48. The van der Waals surface area contributed by atoms with E-state index in [4.69, 9.17) is 5.11 Å². The number of aromatic carboxylic acids is 1. The summed E-state index contributed by atoms with van der Waals surface area (Å²) in [6.45, 7) is 0.642. The number of thiophene rings is 1. The molecule has 21 heavy (non-hydrogen) atoms. The quantitative estimate of drug-likeness (QED) is 0.723. The van der Waals surface area contributed by atoms with Crippen molar-refractivity contribution in [3.8, 4) is 0 Å². The van der Waals surface area contributed by atoms with Crippen LogP contribution in [0.2, 0.25) is 0 Å². The maximum absolute atomic E-state index is 11.2. The third-order valence-corrected chi connectivity index (χ3v) is 4.64. The van der Waals surface area contributed by atoms with Crippen LogP contribution >= 0.6 is 27.3 Å². The SMILES string of the molecule is O=C(O)c1cc(NCc2ccc(Br)s2)c2ccccc2n1. The number of anilines is 1. The minimum Gasteiger partial charge on any atom is -0.477 e. The molecule has 2 aromatic heterocycles. The second-order valence-electron chi connectivity index (χ2n) is 4.44. The van der Waals surface area contributed by atoms with Crippen LogP contribution in [0.15, 0.2) is 46.3 Å². The van der Waals surface area contributed by atoms with Crippen LogP contribution in [0.4, 0.5) is 5.69 Å². The Hall–Kier alpha value is -1.92. The lowest BCUT2D eigenvalue weighted by Gasteiger charge is -2.10. The van der Waals surface area contributed by atoms with E-state index in [1.54, 1.807) is 17.4 Å². The molecule has 3 aromatic rings. The lowest BCUT2D eigenvalue weighted by molar-refractivity contribution is 0.0691. The first-order valence-corrected chi connectivity index (χ1v) is 7.85. The highest BCUT2D eigenvalue weighted by Gasteiger charge is 2.10. The average Bonchev–Trinajstić information content (AvgIpc) is 2.90. The van der Waals surface area contributed by atoms with E-state index in [1.165, 1.54) is 4.88 Å². The normalized spacial score (nSPS) is 10.7. The van der Waals surface area contributed by atoms with E-state index in [9.17, 15) is 4.79 Å². The van der Waals surface area contributed by atoms with Crippen LogP contribution in [0.25, 0.3) is 10.9 Å². The molecule has 0 saturated heterocycles. The zero-order valence-electron chi connectivity index (χ0n) is 10.8. The zero-order valence-corrected chi connectivity index (χ0v) is 13.2. The largest absolute Gasteiger partial charge is 0.477 e. The van der Waals surface area contributed by atoms with Gasteiger partial charge in [0.2, 0.25) is 0 Å². The average molecular weight is 363 g/mol. The highest BCUT2D eigenvalue weighted by atomic mass is 79.9. The first-order valence-electron chi connectivity index (χ1n) is 6.24. The van der Waals surface area contributed by atoms with Gasteiger partial charge in [-0.3, -0.25) is 0 Å². The maximum Gasteiger partial charge on any atom is 0.354 e.